The van der Waals surface area contributed by atoms with Gasteiger partial charge in [0, 0.05) is 29.2 Å². The van der Waals surface area contributed by atoms with Crippen molar-refractivity contribution < 1.29 is 5.11 Å². The molecule has 1 unspecified atom stereocenters. The molecule has 0 saturated carbocycles. The predicted molar refractivity (Wildman–Crippen MR) is 102 cm³/mol. The Morgan fingerprint density at radius 3 is 2.92 bits per heavy atom. The molecule has 0 radical (unpaired) electrons. The number of nitrogens with zero attached hydrogens (tertiary/aromatic N) is 3. The number of aliphatic hydroxyl groups excluding tert-OH is 1. The molecule has 7 nitrogen and oxygen atoms in total. The maximum absolute atomic E-state index is 12.9. The summed E-state index contributed by atoms with van der Waals surface area (Å²) in [7, 11) is 1.76. The molecule has 26 heavy (non-hydrogen) atoms. The van der Waals surface area contributed by atoms with Crippen molar-refractivity contribution in [3.8, 4) is 10.4 Å². The molecule has 1 fully saturated rings. The zero-order valence-electron chi connectivity index (χ0n) is 15.1. The second-order valence-corrected chi connectivity index (χ2v) is 8.07. The fraction of sp³-hybridized carbons (Fsp3) is 0.500. The quantitative estimate of drug-likeness (QED) is 0.654. The van der Waals surface area contributed by atoms with Crippen LogP contribution in [0.1, 0.15) is 43.7 Å². The number of hydrogen-bond acceptors (Lipinski definition) is 6. The van der Waals surface area contributed by atoms with Gasteiger partial charge in [0.05, 0.1) is 23.9 Å². The fourth-order valence-electron chi connectivity index (χ4n) is 3.70. The number of H-pyrrole nitrogens is 1. The van der Waals surface area contributed by atoms with Crippen LogP contribution in [0, 0.1) is 6.92 Å². The van der Waals surface area contributed by atoms with Gasteiger partial charge in [0.2, 0.25) is 0 Å². The third kappa shape index (κ3) is 2.87. The van der Waals surface area contributed by atoms with Crippen LogP contribution in [0.25, 0.3) is 20.7 Å². The molecule has 1 aliphatic rings. The smallest absolute Gasteiger partial charge is 0.271 e. The second kappa shape index (κ2) is 6.61. The van der Waals surface area contributed by atoms with Gasteiger partial charge in [0.25, 0.3) is 5.56 Å². The van der Waals surface area contributed by atoms with E-state index in [9.17, 15) is 9.90 Å². The highest BCUT2D eigenvalue weighted by atomic mass is 32.1. The van der Waals surface area contributed by atoms with Crippen LogP contribution in [0.5, 0.6) is 0 Å². The van der Waals surface area contributed by atoms with Crippen molar-refractivity contribution >= 4 is 21.6 Å². The minimum Gasteiger partial charge on any atom is -0.393 e. The minimum atomic E-state index is -0.370. The summed E-state index contributed by atoms with van der Waals surface area (Å²) in [5.41, 5.74) is 2.63. The van der Waals surface area contributed by atoms with Gasteiger partial charge >= 0.3 is 0 Å². The van der Waals surface area contributed by atoms with E-state index in [1.54, 1.807) is 17.8 Å². The lowest BCUT2D eigenvalue weighted by atomic mass is 9.94. The van der Waals surface area contributed by atoms with Crippen LogP contribution in [0.2, 0.25) is 0 Å². The Morgan fingerprint density at radius 1 is 1.42 bits per heavy atom. The van der Waals surface area contributed by atoms with Crippen molar-refractivity contribution in [1.29, 1.82) is 0 Å². The zero-order chi connectivity index (χ0) is 18.4. The van der Waals surface area contributed by atoms with E-state index in [-0.39, 0.29) is 23.7 Å². The number of rotatable bonds is 3. The molecule has 8 heteroatoms. The molecule has 0 aromatic carbocycles. The highest BCUT2D eigenvalue weighted by Crippen LogP contribution is 2.33. The molecule has 0 amide bonds. The summed E-state index contributed by atoms with van der Waals surface area (Å²) < 4.78 is 2.27. The Morgan fingerprint density at radius 2 is 2.23 bits per heavy atom. The SMILES string of the molecule is CCC1C[C@H](O)C[C@@H](c2nc3cc(-c4cn[nH]c4C)sc3c(=O)n2C)N1. The van der Waals surface area contributed by atoms with E-state index in [0.29, 0.717) is 22.5 Å². The Bertz CT molecular complexity index is 1000. The number of nitrogens with one attached hydrogen (secondary N) is 2. The monoisotopic (exact) mass is 373 g/mol. The molecule has 3 aromatic heterocycles. The van der Waals surface area contributed by atoms with Gasteiger partial charge in [-0.2, -0.15) is 5.10 Å². The molecule has 0 bridgehead atoms. The molecule has 4 rings (SSSR count). The average Bonchev–Trinajstić information content (AvgIpc) is 3.23. The highest BCUT2D eigenvalue weighted by molar-refractivity contribution is 7.22. The average molecular weight is 373 g/mol. The summed E-state index contributed by atoms with van der Waals surface area (Å²) in [5.74, 6) is 0.688. The van der Waals surface area contributed by atoms with Crippen molar-refractivity contribution in [2.45, 2.75) is 51.3 Å². The molecule has 0 spiro atoms. The van der Waals surface area contributed by atoms with Crippen LogP contribution in [0.3, 0.4) is 0 Å². The van der Waals surface area contributed by atoms with Crippen molar-refractivity contribution in [3.05, 3.63) is 34.1 Å². The maximum atomic E-state index is 12.9. The molecule has 3 N–H and O–H groups in total. The number of aryl methyl sites for hydroxylation is 1. The van der Waals surface area contributed by atoms with Gasteiger partial charge in [-0.3, -0.25) is 14.5 Å². The maximum Gasteiger partial charge on any atom is 0.271 e. The Kier molecular flexibility index (Phi) is 4.42. The van der Waals surface area contributed by atoms with Gasteiger partial charge in [-0.05, 0) is 32.3 Å². The summed E-state index contributed by atoms with van der Waals surface area (Å²) in [4.78, 5) is 18.7. The topological polar surface area (TPSA) is 95.8 Å². The number of piperidine rings is 1. The molecule has 3 aromatic rings. The van der Waals surface area contributed by atoms with Crippen LogP contribution in [0.15, 0.2) is 17.1 Å². The number of hydrogen-bond donors (Lipinski definition) is 3. The standard InChI is InChI=1S/C18H23N5O2S/c1-4-10-5-11(24)6-14(20-10)17-21-13-7-15(12-8-19-22-9(12)2)26-16(13)18(25)23(17)3/h7-8,10-11,14,20,24H,4-6H2,1-3H3,(H,19,22)/t10?,11-,14-/m0/s1. The molecular weight excluding hydrogens is 350 g/mol. The summed E-state index contributed by atoms with van der Waals surface area (Å²) in [5, 5.41) is 20.7. The molecule has 3 atom stereocenters. The largest absolute Gasteiger partial charge is 0.393 e. The molecule has 0 aliphatic carbocycles. The first-order chi connectivity index (χ1) is 12.5. The summed E-state index contributed by atoms with van der Waals surface area (Å²) in [6, 6.07) is 2.08. The van der Waals surface area contributed by atoms with Gasteiger partial charge < -0.3 is 10.4 Å². The van der Waals surface area contributed by atoms with Crippen LogP contribution in [-0.4, -0.2) is 37.0 Å². The summed E-state index contributed by atoms with van der Waals surface area (Å²) in [6.45, 7) is 4.06. The van der Waals surface area contributed by atoms with Gasteiger partial charge in [-0.1, -0.05) is 6.92 Å². The Balaban J connectivity index is 1.80. The lowest BCUT2D eigenvalue weighted by molar-refractivity contribution is 0.0893. The first kappa shape index (κ1) is 17.4. The lowest BCUT2D eigenvalue weighted by Crippen LogP contribution is -2.44. The highest BCUT2D eigenvalue weighted by Gasteiger charge is 2.30. The molecule has 1 saturated heterocycles. The van der Waals surface area contributed by atoms with E-state index < -0.39 is 0 Å². The molecular formula is C18H23N5O2S. The van der Waals surface area contributed by atoms with Crippen LogP contribution in [0.4, 0.5) is 0 Å². The number of thiophene rings is 1. The van der Waals surface area contributed by atoms with E-state index in [0.717, 1.165) is 29.0 Å². The van der Waals surface area contributed by atoms with E-state index in [1.807, 2.05) is 13.0 Å². The number of fused-ring (bicyclic) bond motifs is 1. The normalized spacial score (nSPS) is 23.6. The van der Waals surface area contributed by atoms with Gasteiger partial charge in [0.15, 0.2) is 0 Å². The second-order valence-electron chi connectivity index (χ2n) is 7.02. The molecule has 1 aliphatic heterocycles. The van der Waals surface area contributed by atoms with Crippen LogP contribution in [-0.2, 0) is 7.05 Å². The van der Waals surface area contributed by atoms with Gasteiger partial charge in [0.1, 0.15) is 10.5 Å². The van der Waals surface area contributed by atoms with E-state index >= 15 is 0 Å². The van der Waals surface area contributed by atoms with Crippen molar-refractivity contribution in [2.75, 3.05) is 0 Å². The van der Waals surface area contributed by atoms with Crippen molar-refractivity contribution in [1.82, 2.24) is 25.1 Å². The van der Waals surface area contributed by atoms with Crippen LogP contribution >= 0.6 is 11.3 Å². The van der Waals surface area contributed by atoms with Crippen LogP contribution < -0.4 is 10.9 Å². The zero-order valence-corrected chi connectivity index (χ0v) is 15.9. The van der Waals surface area contributed by atoms with E-state index in [4.69, 9.17) is 4.98 Å². The lowest BCUT2D eigenvalue weighted by Gasteiger charge is -2.33. The number of aromatic amines is 1. The first-order valence-corrected chi connectivity index (χ1v) is 9.74. The first-order valence-electron chi connectivity index (χ1n) is 8.92. The Labute approximate surface area is 155 Å². The van der Waals surface area contributed by atoms with E-state index in [2.05, 4.69) is 22.4 Å². The molecule has 138 valence electrons. The number of aliphatic hydroxyl groups is 1. The number of aromatic nitrogens is 4. The minimum absolute atomic E-state index is 0.0442. The van der Waals surface area contributed by atoms with Crippen molar-refractivity contribution in [3.63, 3.8) is 0 Å². The third-order valence-electron chi connectivity index (χ3n) is 5.19. The fourth-order valence-corrected chi connectivity index (χ4v) is 4.84. The third-order valence-corrected chi connectivity index (χ3v) is 6.34. The molecule has 4 heterocycles. The van der Waals surface area contributed by atoms with Gasteiger partial charge in [-0.15, -0.1) is 11.3 Å². The van der Waals surface area contributed by atoms with Crippen molar-refractivity contribution in [2.24, 2.45) is 7.05 Å². The van der Waals surface area contributed by atoms with E-state index in [1.165, 1.54) is 11.3 Å². The van der Waals surface area contributed by atoms with Gasteiger partial charge in [-0.25, -0.2) is 4.98 Å². The summed E-state index contributed by atoms with van der Waals surface area (Å²) >= 11 is 1.45. The Hall–Kier alpha value is -2.03. The summed E-state index contributed by atoms with van der Waals surface area (Å²) in [6.07, 6.45) is 3.65. The predicted octanol–water partition coefficient (Wildman–Crippen LogP) is 2.26.